The molecule has 3 heteroatoms. The Labute approximate surface area is 78.8 Å². The average Bonchev–Trinajstić information content (AvgIpc) is 2.19. The number of nitrogens with zero attached hydrogens (tertiary/aromatic N) is 1. The third kappa shape index (κ3) is 3.13. The van der Waals surface area contributed by atoms with E-state index in [4.69, 9.17) is 5.11 Å². The second-order valence-electron chi connectivity index (χ2n) is 3.23. The number of nitrogens with one attached hydrogen (secondary N) is 1. The van der Waals surface area contributed by atoms with Crippen LogP contribution in [0, 0.1) is 0 Å². The van der Waals surface area contributed by atoms with Crippen molar-refractivity contribution >= 4 is 0 Å². The van der Waals surface area contributed by atoms with Gasteiger partial charge in [-0.15, -0.1) is 0 Å². The minimum absolute atomic E-state index is 0.108. The molecule has 2 atom stereocenters. The highest BCUT2D eigenvalue weighted by Gasteiger charge is 2.08. The molecule has 0 unspecified atom stereocenters. The topological polar surface area (TPSA) is 45.1 Å². The monoisotopic (exact) mass is 180 g/mol. The molecule has 0 amide bonds. The van der Waals surface area contributed by atoms with Crippen LogP contribution in [0.1, 0.15) is 25.6 Å². The molecule has 0 saturated carbocycles. The van der Waals surface area contributed by atoms with Crippen LogP contribution in [0.15, 0.2) is 24.4 Å². The van der Waals surface area contributed by atoms with Crippen LogP contribution >= 0.6 is 0 Å². The second-order valence-corrected chi connectivity index (χ2v) is 3.23. The number of pyridine rings is 1. The predicted octanol–water partition coefficient (Wildman–Crippen LogP) is 1.11. The molecule has 0 radical (unpaired) electrons. The largest absolute Gasteiger partial charge is 0.395 e. The molecule has 0 aliphatic heterocycles. The maximum absolute atomic E-state index is 8.85. The van der Waals surface area contributed by atoms with E-state index in [-0.39, 0.29) is 18.7 Å². The number of hydrogen-bond acceptors (Lipinski definition) is 3. The summed E-state index contributed by atoms with van der Waals surface area (Å²) >= 11 is 0. The maximum Gasteiger partial charge on any atom is 0.0582 e. The Morgan fingerprint density at radius 2 is 2.23 bits per heavy atom. The summed E-state index contributed by atoms with van der Waals surface area (Å²) in [4.78, 5) is 4.22. The molecule has 0 aliphatic rings. The Kier molecular flexibility index (Phi) is 3.86. The van der Waals surface area contributed by atoms with Crippen LogP contribution in [0.2, 0.25) is 0 Å². The van der Waals surface area contributed by atoms with Gasteiger partial charge in [0.15, 0.2) is 0 Å². The van der Waals surface area contributed by atoms with Crippen molar-refractivity contribution in [2.45, 2.75) is 25.9 Å². The molecule has 0 saturated heterocycles. The molecule has 1 aromatic rings. The van der Waals surface area contributed by atoms with Crippen molar-refractivity contribution < 1.29 is 5.11 Å². The SMILES string of the molecule is C[C@H](N[C@@H](C)CO)c1ccccn1. The molecule has 3 nitrogen and oxygen atoms in total. The summed E-state index contributed by atoms with van der Waals surface area (Å²) in [6, 6.07) is 6.12. The predicted molar refractivity (Wildman–Crippen MR) is 52.3 cm³/mol. The van der Waals surface area contributed by atoms with Gasteiger partial charge in [-0.2, -0.15) is 0 Å². The zero-order valence-corrected chi connectivity index (χ0v) is 8.07. The van der Waals surface area contributed by atoms with Crippen LogP contribution in [0.3, 0.4) is 0 Å². The van der Waals surface area contributed by atoms with E-state index in [0.29, 0.717) is 0 Å². The first-order valence-corrected chi connectivity index (χ1v) is 4.52. The van der Waals surface area contributed by atoms with Gasteiger partial charge >= 0.3 is 0 Å². The van der Waals surface area contributed by atoms with E-state index in [2.05, 4.69) is 10.3 Å². The molecular weight excluding hydrogens is 164 g/mol. The van der Waals surface area contributed by atoms with E-state index < -0.39 is 0 Å². The van der Waals surface area contributed by atoms with Gasteiger partial charge in [0.25, 0.3) is 0 Å². The highest BCUT2D eigenvalue weighted by atomic mass is 16.3. The molecule has 1 rings (SSSR count). The van der Waals surface area contributed by atoms with E-state index in [0.717, 1.165) is 5.69 Å². The highest BCUT2D eigenvalue weighted by Crippen LogP contribution is 2.08. The van der Waals surface area contributed by atoms with Crippen molar-refractivity contribution in [3.63, 3.8) is 0 Å². The summed E-state index contributed by atoms with van der Waals surface area (Å²) in [7, 11) is 0. The lowest BCUT2D eigenvalue weighted by atomic mass is 10.2. The zero-order valence-electron chi connectivity index (χ0n) is 8.07. The minimum atomic E-state index is 0.108. The molecule has 13 heavy (non-hydrogen) atoms. The lowest BCUT2D eigenvalue weighted by Gasteiger charge is -2.17. The van der Waals surface area contributed by atoms with Crippen molar-refractivity contribution in [3.8, 4) is 0 Å². The number of hydrogen-bond donors (Lipinski definition) is 2. The molecular formula is C10H16N2O. The normalized spacial score (nSPS) is 15.3. The summed E-state index contributed by atoms with van der Waals surface area (Å²) in [6.45, 7) is 4.13. The number of aliphatic hydroxyl groups is 1. The lowest BCUT2D eigenvalue weighted by molar-refractivity contribution is 0.242. The second kappa shape index (κ2) is 4.94. The fourth-order valence-electron chi connectivity index (χ4n) is 1.20. The van der Waals surface area contributed by atoms with Crippen LogP contribution < -0.4 is 5.32 Å². The maximum atomic E-state index is 8.85. The average molecular weight is 180 g/mol. The minimum Gasteiger partial charge on any atom is -0.395 e. The fourth-order valence-corrected chi connectivity index (χ4v) is 1.20. The first-order valence-electron chi connectivity index (χ1n) is 4.52. The van der Waals surface area contributed by atoms with Crippen molar-refractivity contribution in [1.29, 1.82) is 0 Å². The number of aliphatic hydroxyl groups excluding tert-OH is 1. The van der Waals surface area contributed by atoms with Gasteiger partial charge in [-0.05, 0) is 26.0 Å². The lowest BCUT2D eigenvalue weighted by Crippen LogP contribution is -2.32. The molecule has 0 fully saturated rings. The first kappa shape index (κ1) is 10.2. The van der Waals surface area contributed by atoms with Crippen molar-refractivity contribution in [2.24, 2.45) is 0 Å². The van der Waals surface area contributed by atoms with Gasteiger partial charge in [0, 0.05) is 18.3 Å². The molecule has 0 aliphatic carbocycles. The Hall–Kier alpha value is -0.930. The molecule has 72 valence electrons. The van der Waals surface area contributed by atoms with E-state index >= 15 is 0 Å². The summed E-state index contributed by atoms with van der Waals surface area (Å²) in [5.41, 5.74) is 1.00. The zero-order chi connectivity index (χ0) is 9.68. The van der Waals surface area contributed by atoms with Crippen molar-refractivity contribution in [3.05, 3.63) is 30.1 Å². The Morgan fingerprint density at radius 1 is 1.46 bits per heavy atom. The first-order chi connectivity index (χ1) is 6.24. The third-order valence-corrected chi connectivity index (χ3v) is 1.94. The summed E-state index contributed by atoms with van der Waals surface area (Å²) in [6.07, 6.45) is 1.77. The third-order valence-electron chi connectivity index (χ3n) is 1.94. The van der Waals surface area contributed by atoms with E-state index in [1.807, 2.05) is 32.0 Å². The fraction of sp³-hybridized carbons (Fsp3) is 0.500. The summed E-state index contributed by atoms with van der Waals surface area (Å²) in [5, 5.41) is 12.1. The van der Waals surface area contributed by atoms with Crippen molar-refractivity contribution in [1.82, 2.24) is 10.3 Å². The molecule has 1 heterocycles. The molecule has 1 aromatic heterocycles. The smallest absolute Gasteiger partial charge is 0.0582 e. The Bertz CT molecular complexity index is 238. The standard InChI is InChI=1S/C10H16N2O/c1-8(7-13)12-9(2)10-5-3-4-6-11-10/h3-6,8-9,12-13H,7H2,1-2H3/t8-,9-/m0/s1. The Morgan fingerprint density at radius 3 is 2.77 bits per heavy atom. The van der Waals surface area contributed by atoms with Crippen molar-refractivity contribution in [2.75, 3.05) is 6.61 Å². The van der Waals surface area contributed by atoms with Gasteiger partial charge in [-0.25, -0.2) is 0 Å². The van der Waals surface area contributed by atoms with Crippen LogP contribution in [0.25, 0.3) is 0 Å². The van der Waals surface area contributed by atoms with Gasteiger partial charge in [-0.3, -0.25) is 4.98 Å². The van der Waals surface area contributed by atoms with E-state index in [1.165, 1.54) is 0 Å². The van der Waals surface area contributed by atoms with E-state index in [1.54, 1.807) is 6.20 Å². The van der Waals surface area contributed by atoms with Crippen LogP contribution in [-0.4, -0.2) is 22.7 Å². The summed E-state index contributed by atoms with van der Waals surface area (Å²) in [5.74, 6) is 0. The van der Waals surface area contributed by atoms with Gasteiger partial charge in [0.2, 0.25) is 0 Å². The van der Waals surface area contributed by atoms with Crippen LogP contribution in [-0.2, 0) is 0 Å². The van der Waals surface area contributed by atoms with E-state index in [9.17, 15) is 0 Å². The summed E-state index contributed by atoms with van der Waals surface area (Å²) < 4.78 is 0. The number of rotatable bonds is 4. The Balaban J connectivity index is 2.53. The highest BCUT2D eigenvalue weighted by molar-refractivity contribution is 5.07. The molecule has 0 aromatic carbocycles. The molecule has 2 N–H and O–H groups in total. The molecule has 0 bridgehead atoms. The number of aromatic nitrogens is 1. The van der Waals surface area contributed by atoms with Gasteiger partial charge in [-0.1, -0.05) is 6.07 Å². The quantitative estimate of drug-likeness (QED) is 0.729. The molecule has 0 spiro atoms. The van der Waals surface area contributed by atoms with Gasteiger partial charge in [0.05, 0.1) is 12.3 Å². The van der Waals surface area contributed by atoms with Crippen LogP contribution in [0.5, 0.6) is 0 Å². The van der Waals surface area contributed by atoms with Gasteiger partial charge < -0.3 is 10.4 Å². The van der Waals surface area contributed by atoms with Gasteiger partial charge in [0.1, 0.15) is 0 Å². The van der Waals surface area contributed by atoms with Crippen LogP contribution in [0.4, 0.5) is 0 Å².